The number of hydrogen-bond donors (Lipinski definition) is 0. The van der Waals surface area contributed by atoms with Crippen LogP contribution in [0, 0.1) is 15.9 Å². The van der Waals surface area contributed by atoms with E-state index in [9.17, 15) is 19.3 Å². The van der Waals surface area contributed by atoms with Crippen molar-refractivity contribution in [3.8, 4) is 0 Å². The Kier molecular flexibility index (Phi) is 3.97. The van der Waals surface area contributed by atoms with Crippen molar-refractivity contribution in [2.24, 2.45) is 0 Å². The molecule has 0 aromatic heterocycles. The lowest BCUT2D eigenvalue weighted by Crippen LogP contribution is -2.27. The second-order valence-electron chi connectivity index (χ2n) is 3.32. The van der Waals surface area contributed by atoms with E-state index in [1.54, 1.807) is 0 Å². The van der Waals surface area contributed by atoms with Gasteiger partial charge in [-0.1, -0.05) is 0 Å². The molecule has 0 saturated heterocycles. The molecule has 0 aliphatic carbocycles. The highest BCUT2D eigenvalue weighted by Crippen LogP contribution is 2.27. The van der Waals surface area contributed by atoms with E-state index >= 15 is 0 Å². The summed E-state index contributed by atoms with van der Waals surface area (Å²) < 4.78 is 17.5. The number of carbonyl (C=O) groups excluding carboxylic acids is 1. The van der Waals surface area contributed by atoms with Gasteiger partial charge in [-0.15, -0.1) is 0 Å². The van der Waals surface area contributed by atoms with Gasteiger partial charge in [-0.25, -0.2) is 4.39 Å². The fraction of sp³-hybridized carbons (Fsp3) is 0.300. The largest absolute Gasteiger partial charge is 0.468 e. The minimum atomic E-state index is -0.636. The monoisotopic (exact) mass is 242 g/mol. The number of esters is 1. The Morgan fingerprint density at radius 3 is 2.76 bits per heavy atom. The second-order valence-corrected chi connectivity index (χ2v) is 3.32. The first kappa shape index (κ1) is 12.9. The number of halogens is 1. The summed E-state index contributed by atoms with van der Waals surface area (Å²) in [6, 6.07) is 3.05. The number of likely N-dealkylation sites (N-methyl/N-ethyl adjacent to an activating group) is 1. The lowest BCUT2D eigenvalue weighted by Gasteiger charge is -2.17. The molecule has 7 heteroatoms. The summed E-state index contributed by atoms with van der Waals surface area (Å²) in [6.45, 7) is -0.194. The average molecular weight is 242 g/mol. The van der Waals surface area contributed by atoms with Gasteiger partial charge in [0.25, 0.3) is 5.69 Å². The first-order valence-corrected chi connectivity index (χ1v) is 4.67. The minimum Gasteiger partial charge on any atom is -0.468 e. The third-order valence-corrected chi connectivity index (χ3v) is 2.14. The van der Waals surface area contributed by atoms with E-state index in [-0.39, 0.29) is 17.9 Å². The van der Waals surface area contributed by atoms with Gasteiger partial charge >= 0.3 is 5.97 Å². The number of nitrogens with zero attached hydrogens (tertiary/aromatic N) is 2. The first-order chi connectivity index (χ1) is 7.95. The molecule has 0 amide bonds. The summed E-state index contributed by atoms with van der Waals surface area (Å²) >= 11 is 0. The van der Waals surface area contributed by atoms with Crippen LogP contribution in [-0.2, 0) is 9.53 Å². The molecule has 0 saturated carbocycles. The van der Waals surface area contributed by atoms with Crippen LogP contribution in [0.1, 0.15) is 0 Å². The van der Waals surface area contributed by atoms with Gasteiger partial charge in [0, 0.05) is 19.2 Å². The second kappa shape index (κ2) is 5.24. The molecule has 1 rings (SSSR count). The van der Waals surface area contributed by atoms with E-state index in [0.717, 1.165) is 18.2 Å². The highest BCUT2D eigenvalue weighted by molar-refractivity contribution is 5.77. The van der Waals surface area contributed by atoms with Crippen LogP contribution in [0.15, 0.2) is 18.2 Å². The molecule has 0 aliphatic rings. The van der Waals surface area contributed by atoms with Crippen LogP contribution in [0.3, 0.4) is 0 Å². The zero-order valence-corrected chi connectivity index (χ0v) is 9.34. The molecule has 92 valence electrons. The molecule has 0 atom stereocenters. The van der Waals surface area contributed by atoms with Crippen LogP contribution in [0.4, 0.5) is 15.8 Å². The summed E-state index contributed by atoms with van der Waals surface area (Å²) in [6.07, 6.45) is 0. The molecule has 0 spiro atoms. The summed E-state index contributed by atoms with van der Waals surface area (Å²) in [5.74, 6) is -1.17. The molecule has 0 aliphatic heterocycles. The minimum absolute atomic E-state index is 0.0281. The lowest BCUT2D eigenvalue weighted by atomic mass is 10.2. The van der Waals surface area contributed by atoms with Gasteiger partial charge in [0.2, 0.25) is 0 Å². The lowest BCUT2D eigenvalue weighted by molar-refractivity contribution is -0.384. The fourth-order valence-electron chi connectivity index (χ4n) is 1.30. The maximum absolute atomic E-state index is 13.0. The number of benzene rings is 1. The van der Waals surface area contributed by atoms with Gasteiger partial charge in [0.15, 0.2) is 0 Å². The Hall–Kier alpha value is -2.18. The topological polar surface area (TPSA) is 72.7 Å². The van der Waals surface area contributed by atoms with Crippen molar-refractivity contribution in [3.05, 3.63) is 34.1 Å². The van der Waals surface area contributed by atoms with Crippen LogP contribution in [0.2, 0.25) is 0 Å². The number of anilines is 1. The molecule has 6 nitrogen and oxygen atoms in total. The van der Waals surface area contributed by atoms with E-state index < -0.39 is 16.7 Å². The summed E-state index contributed by atoms with van der Waals surface area (Å²) in [5.41, 5.74) is -0.238. The van der Waals surface area contributed by atoms with E-state index in [4.69, 9.17) is 0 Å². The Morgan fingerprint density at radius 1 is 1.59 bits per heavy atom. The molecular formula is C10H11FN2O4. The maximum Gasteiger partial charge on any atom is 0.325 e. The number of carbonyl (C=O) groups is 1. The van der Waals surface area contributed by atoms with Crippen molar-refractivity contribution in [1.82, 2.24) is 0 Å². The third-order valence-electron chi connectivity index (χ3n) is 2.14. The molecule has 0 fully saturated rings. The number of hydrogen-bond acceptors (Lipinski definition) is 5. The maximum atomic E-state index is 13.0. The van der Waals surface area contributed by atoms with Crippen LogP contribution >= 0.6 is 0 Å². The van der Waals surface area contributed by atoms with E-state index in [1.807, 2.05) is 0 Å². The SMILES string of the molecule is COC(=O)CN(C)c1cc(F)ccc1[N+](=O)[O-]. The van der Waals surface area contributed by atoms with Crippen LogP contribution < -0.4 is 4.90 Å². The van der Waals surface area contributed by atoms with Crippen molar-refractivity contribution in [2.75, 3.05) is 25.6 Å². The van der Waals surface area contributed by atoms with E-state index in [1.165, 1.54) is 19.1 Å². The molecule has 0 heterocycles. The summed E-state index contributed by atoms with van der Waals surface area (Å²) in [5, 5.41) is 10.7. The predicted molar refractivity (Wildman–Crippen MR) is 58.3 cm³/mol. The Morgan fingerprint density at radius 2 is 2.24 bits per heavy atom. The Balaban J connectivity index is 3.06. The highest BCUT2D eigenvalue weighted by Gasteiger charge is 2.19. The first-order valence-electron chi connectivity index (χ1n) is 4.67. The quantitative estimate of drug-likeness (QED) is 0.452. The molecular weight excluding hydrogens is 231 g/mol. The van der Waals surface area contributed by atoms with Crippen LogP contribution in [0.25, 0.3) is 0 Å². The van der Waals surface area contributed by atoms with E-state index in [2.05, 4.69) is 4.74 Å². The molecule has 0 unspecified atom stereocenters. The number of nitro groups is 1. The van der Waals surface area contributed by atoms with Gasteiger partial charge < -0.3 is 9.64 Å². The molecule has 0 radical (unpaired) electrons. The summed E-state index contributed by atoms with van der Waals surface area (Å²) in [4.78, 5) is 22.4. The van der Waals surface area contributed by atoms with Crippen molar-refractivity contribution >= 4 is 17.3 Å². The number of ether oxygens (including phenoxy) is 1. The number of nitro benzene ring substituents is 1. The molecule has 0 bridgehead atoms. The average Bonchev–Trinajstić information content (AvgIpc) is 2.28. The fourth-order valence-corrected chi connectivity index (χ4v) is 1.30. The molecule has 1 aromatic carbocycles. The van der Waals surface area contributed by atoms with Gasteiger partial charge in [0.1, 0.15) is 18.0 Å². The smallest absolute Gasteiger partial charge is 0.325 e. The van der Waals surface area contributed by atoms with Crippen LogP contribution in [-0.4, -0.2) is 31.6 Å². The standard InChI is InChI=1S/C10H11FN2O4/c1-12(6-10(14)17-2)9-5-7(11)3-4-8(9)13(15)16/h3-5H,6H2,1-2H3. The number of rotatable bonds is 4. The molecule has 17 heavy (non-hydrogen) atoms. The zero-order chi connectivity index (χ0) is 13.0. The van der Waals surface area contributed by atoms with Crippen molar-refractivity contribution in [3.63, 3.8) is 0 Å². The zero-order valence-electron chi connectivity index (χ0n) is 9.34. The van der Waals surface area contributed by atoms with E-state index in [0.29, 0.717) is 0 Å². The van der Waals surface area contributed by atoms with Gasteiger partial charge in [0.05, 0.1) is 12.0 Å². The van der Waals surface area contributed by atoms with Gasteiger partial charge in [-0.2, -0.15) is 0 Å². The predicted octanol–water partition coefficient (Wildman–Crippen LogP) is 1.34. The Labute approximate surface area is 96.7 Å². The highest BCUT2D eigenvalue weighted by atomic mass is 19.1. The van der Waals surface area contributed by atoms with Crippen molar-refractivity contribution in [1.29, 1.82) is 0 Å². The molecule has 1 aromatic rings. The normalized spacial score (nSPS) is 9.82. The molecule has 0 N–H and O–H groups in total. The number of methoxy groups -OCH3 is 1. The van der Waals surface area contributed by atoms with Crippen LogP contribution in [0.5, 0.6) is 0 Å². The van der Waals surface area contributed by atoms with Gasteiger partial charge in [-0.05, 0) is 6.07 Å². The summed E-state index contributed by atoms with van der Waals surface area (Å²) in [7, 11) is 2.65. The van der Waals surface area contributed by atoms with Crippen molar-refractivity contribution < 1.29 is 18.8 Å². The van der Waals surface area contributed by atoms with Crippen molar-refractivity contribution in [2.45, 2.75) is 0 Å². The third kappa shape index (κ3) is 3.13. The Bertz CT molecular complexity index is 450. The van der Waals surface area contributed by atoms with Gasteiger partial charge in [-0.3, -0.25) is 14.9 Å².